The van der Waals surface area contributed by atoms with Gasteiger partial charge in [0.15, 0.2) is 0 Å². The molecule has 0 aromatic heterocycles. The summed E-state index contributed by atoms with van der Waals surface area (Å²) in [6.45, 7) is 0.350. The third-order valence-electron chi connectivity index (χ3n) is 4.93. The van der Waals surface area contributed by atoms with Crippen LogP contribution in [0.25, 0.3) is 6.08 Å². The highest BCUT2D eigenvalue weighted by Gasteiger charge is 2.35. The minimum Gasteiger partial charge on any atom is -0.493 e. The highest BCUT2D eigenvalue weighted by Crippen LogP contribution is 2.34. The number of carbonyl (C=O) groups excluding carboxylic acids is 2. The zero-order valence-electron chi connectivity index (χ0n) is 17.0. The van der Waals surface area contributed by atoms with E-state index < -0.39 is 17.0 Å². The van der Waals surface area contributed by atoms with Crippen LogP contribution in [0.1, 0.15) is 16.7 Å². The van der Waals surface area contributed by atoms with Crippen molar-refractivity contribution in [2.45, 2.75) is 13.0 Å². The molecular weight excluding hydrogens is 449 g/mol. The van der Waals surface area contributed by atoms with Crippen LogP contribution < -0.4 is 4.74 Å². The van der Waals surface area contributed by atoms with Gasteiger partial charge in [0, 0.05) is 17.0 Å². The molecule has 7 heteroatoms. The third kappa shape index (κ3) is 5.21. The van der Waals surface area contributed by atoms with Crippen molar-refractivity contribution in [2.24, 2.45) is 0 Å². The number of imide groups is 1. The maximum absolute atomic E-state index is 14.1. The van der Waals surface area contributed by atoms with Crippen LogP contribution >= 0.6 is 23.4 Å². The molecular formula is C25H19ClFNO3S. The summed E-state index contributed by atoms with van der Waals surface area (Å²) in [5.41, 5.74) is 2.08. The van der Waals surface area contributed by atoms with Gasteiger partial charge in [0.25, 0.3) is 11.1 Å². The van der Waals surface area contributed by atoms with Gasteiger partial charge in [0.05, 0.1) is 18.1 Å². The third-order valence-corrected chi connectivity index (χ3v) is 6.19. The summed E-state index contributed by atoms with van der Waals surface area (Å²) in [6, 6.07) is 21.6. The molecule has 4 nitrogen and oxygen atoms in total. The molecule has 0 aliphatic carbocycles. The predicted octanol–water partition coefficient (Wildman–Crippen LogP) is 6.34. The lowest BCUT2D eigenvalue weighted by Crippen LogP contribution is -2.28. The number of nitrogens with zero attached hydrogens (tertiary/aromatic N) is 1. The van der Waals surface area contributed by atoms with Crippen molar-refractivity contribution in [3.63, 3.8) is 0 Å². The molecule has 0 N–H and O–H groups in total. The Hall–Kier alpha value is -3.09. The Kier molecular flexibility index (Phi) is 6.93. The lowest BCUT2D eigenvalue weighted by molar-refractivity contribution is -0.123. The first-order valence-electron chi connectivity index (χ1n) is 9.96. The Morgan fingerprint density at radius 3 is 2.44 bits per heavy atom. The fourth-order valence-corrected chi connectivity index (χ4v) is 4.28. The average molecular weight is 468 g/mol. The van der Waals surface area contributed by atoms with E-state index >= 15 is 0 Å². The smallest absolute Gasteiger partial charge is 0.293 e. The van der Waals surface area contributed by atoms with Crippen molar-refractivity contribution < 1.29 is 18.7 Å². The average Bonchev–Trinajstić information content (AvgIpc) is 3.05. The van der Waals surface area contributed by atoms with E-state index in [9.17, 15) is 14.0 Å². The molecule has 1 aliphatic heterocycles. The molecule has 0 radical (unpaired) electrons. The number of thioether (sulfide) groups is 1. The summed E-state index contributed by atoms with van der Waals surface area (Å²) >= 11 is 6.86. The van der Waals surface area contributed by atoms with Gasteiger partial charge in [-0.25, -0.2) is 4.39 Å². The molecule has 162 valence electrons. The first kappa shape index (κ1) is 22.1. The summed E-state index contributed by atoms with van der Waals surface area (Å²) in [7, 11) is 0. The van der Waals surface area contributed by atoms with Gasteiger partial charge in [0.2, 0.25) is 0 Å². The van der Waals surface area contributed by atoms with Crippen LogP contribution in [0.4, 0.5) is 9.18 Å². The van der Waals surface area contributed by atoms with Crippen LogP contribution in [0.3, 0.4) is 0 Å². The first-order valence-corrected chi connectivity index (χ1v) is 11.2. The summed E-state index contributed by atoms with van der Waals surface area (Å²) in [6.07, 6.45) is 2.45. The Morgan fingerprint density at radius 2 is 1.72 bits per heavy atom. The van der Waals surface area contributed by atoms with Crippen molar-refractivity contribution in [3.05, 3.63) is 105 Å². The lowest BCUT2D eigenvalue weighted by atomic mass is 10.1. The molecule has 0 saturated carbocycles. The van der Waals surface area contributed by atoms with Gasteiger partial charge >= 0.3 is 0 Å². The number of amides is 2. The fraction of sp³-hybridized carbons (Fsp3) is 0.120. The van der Waals surface area contributed by atoms with E-state index in [1.54, 1.807) is 6.08 Å². The summed E-state index contributed by atoms with van der Waals surface area (Å²) < 4.78 is 19.8. The predicted molar refractivity (Wildman–Crippen MR) is 125 cm³/mol. The molecule has 1 fully saturated rings. The molecule has 2 amide bonds. The Bertz CT molecular complexity index is 1150. The molecule has 1 heterocycles. The van der Waals surface area contributed by atoms with Gasteiger partial charge in [-0.1, -0.05) is 60.1 Å². The number of hydrogen-bond donors (Lipinski definition) is 0. The minimum atomic E-state index is -0.552. The molecule has 0 spiro atoms. The number of carbonyl (C=O) groups is 2. The van der Waals surface area contributed by atoms with Crippen LogP contribution in [0.5, 0.6) is 5.75 Å². The molecule has 3 aromatic carbocycles. The van der Waals surface area contributed by atoms with E-state index in [1.807, 2.05) is 42.5 Å². The number of benzene rings is 3. The second-order valence-electron chi connectivity index (χ2n) is 7.12. The molecule has 32 heavy (non-hydrogen) atoms. The molecule has 1 saturated heterocycles. The maximum Gasteiger partial charge on any atom is 0.293 e. The van der Waals surface area contributed by atoms with Crippen LogP contribution in [0.2, 0.25) is 5.02 Å². The molecule has 4 rings (SSSR count). The van der Waals surface area contributed by atoms with E-state index in [0.717, 1.165) is 34.4 Å². The highest BCUT2D eigenvalue weighted by molar-refractivity contribution is 8.18. The van der Waals surface area contributed by atoms with Crippen LogP contribution in [-0.4, -0.2) is 22.7 Å². The van der Waals surface area contributed by atoms with E-state index in [0.29, 0.717) is 6.61 Å². The van der Waals surface area contributed by atoms with Crippen molar-refractivity contribution in [2.75, 3.05) is 6.61 Å². The minimum absolute atomic E-state index is 0.120. The van der Waals surface area contributed by atoms with E-state index in [-0.39, 0.29) is 22.0 Å². The zero-order chi connectivity index (χ0) is 22.5. The van der Waals surface area contributed by atoms with Crippen molar-refractivity contribution in [1.29, 1.82) is 0 Å². The van der Waals surface area contributed by atoms with Crippen molar-refractivity contribution >= 4 is 40.6 Å². The largest absolute Gasteiger partial charge is 0.493 e. The molecule has 1 aliphatic rings. The normalized spacial score (nSPS) is 14.9. The van der Waals surface area contributed by atoms with E-state index in [2.05, 4.69) is 12.1 Å². The topological polar surface area (TPSA) is 46.6 Å². The summed E-state index contributed by atoms with van der Waals surface area (Å²) in [5.74, 6) is -0.300. The molecule has 3 aromatic rings. The standard InChI is InChI=1S/C25H19ClFNO3S/c26-21-7-4-8-22(27)20(21)16-28-24(29)23(32-25(28)30)15-18-9-11-19(12-10-18)31-14-13-17-5-2-1-3-6-17/h1-12,15H,13-14,16H2/b23-15-. The van der Waals surface area contributed by atoms with Gasteiger partial charge in [-0.3, -0.25) is 14.5 Å². The number of rotatable bonds is 7. The van der Waals surface area contributed by atoms with Gasteiger partial charge < -0.3 is 4.74 Å². The Balaban J connectivity index is 1.39. The summed E-state index contributed by atoms with van der Waals surface area (Å²) in [4.78, 5) is 26.3. The van der Waals surface area contributed by atoms with Crippen molar-refractivity contribution in [1.82, 2.24) is 4.90 Å². The van der Waals surface area contributed by atoms with Crippen LogP contribution in [0, 0.1) is 5.82 Å². The Morgan fingerprint density at radius 1 is 0.969 bits per heavy atom. The SMILES string of the molecule is O=C1S/C(=C\c2ccc(OCCc3ccccc3)cc2)C(=O)N1Cc1c(F)cccc1Cl. The van der Waals surface area contributed by atoms with E-state index in [4.69, 9.17) is 16.3 Å². The molecule has 0 unspecified atom stereocenters. The van der Waals surface area contributed by atoms with Gasteiger partial charge in [-0.05, 0) is 53.2 Å². The van der Waals surface area contributed by atoms with Gasteiger partial charge in [-0.2, -0.15) is 0 Å². The molecule has 0 bridgehead atoms. The van der Waals surface area contributed by atoms with Crippen LogP contribution in [-0.2, 0) is 17.8 Å². The Labute approximate surface area is 194 Å². The zero-order valence-corrected chi connectivity index (χ0v) is 18.5. The monoisotopic (exact) mass is 467 g/mol. The van der Waals surface area contributed by atoms with Gasteiger partial charge in [-0.15, -0.1) is 0 Å². The quantitative estimate of drug-likeness (QED) is 0.380. The second kappa shape index (κ2) is 10.0. The molecule has 0 atom stereocenters. The highest BCUT2D eigenvalue weighted by atomic mass is 35.5. The lowest BCUT2D eigenvalue weighted by Gasteiger charge is -2.14. The van der Waals surface area contributed by atoms with Gasteiger partial charge in [0.1, 0.15) is 11.6 Å². The maximum atomic E-state index is 14.1. The van der Waals surface area contributed by atoms with Crippen molar-refractivity contribution in [3.8, 4) is 5.75 Å². The number of ether oxygens (including phenoxy) is 1. The first-order chi connectivity index (χ1) is 15.5. The van der Waals surface area contributed by atoms with E-state index in [1.165, 1.54) is 23.8 Å². The number of halogens is 2. The number of hydrogen-bond acceptors (Lipinski definition) is 4. The second-order valence-corrected chi connectivity index (χ2v) is 8.52. The summed E-state index contributed by atoms with van der Waals surface area (Å²) in [5, 5.41) is -0.280. The van der Waals surface area contributed by atoms with Crippen LogP contribution in [0.15, 0.2) is 77.7 Å². The fourth-order valence-electron chi connectivity index (χ4n) is 3.22.